The number of anilines is 1. The fourth-order valence-corrected chi connectivity index (χ4v) is 2.31. The van der Waals surface area contributed by atoms with Crippen LogP contribution >= 0.6 is 0 Å². The molecule has 1 aromatic carbocycles. The van der Waals surface area contributed by atoms with E-state index in [9.17, 15) is 8.42 Å². The SMILES string of the molecule is CCOc1ccc(NC(=NC)NCCOCCS(C)(=O)=O)cc1OC. The highest BCUT2D eigenvalue weighted by atomic mass is 32.2. The van der Waals surface area contributed by atoms with Gasteiger partial charge in [-0.25, -0.2) is 8.42 Å². The lowest BCUT2D eigenvalue weighted by Crippen LogP contribution is -2.33. The topological polar surface area (TPSA) is 98.2 Å². The van der Waals surface area contributed by atoms with Crippen LogP contribution in [-0.4, -0.2) is 66.9 Å². The minimum atomic E-state index is -2.99. The average molecular weight is 373 g/mol. The summed E-state index contributed by atoms with van der Waals surface area (Å²) < 4.78 is 38.1. The highest BCUT2D eigenvalue weighted by Gasteiger charge is 2.07. The van der Waals surface area contributed by atoms with E-state index in [0.29, 0.717) is 37.2 Å². The Hall–Kier alpha value is -2.00. The zero-order valence-electron chi connectivity index (χ0n) is 15.2. The van der Waals surface area contributed by atoms with Gasteiger partial charge in [-0.05, 0) is 19.1 Å². The fourth-order valence-electron chi connectivity index (χ4n) is 1.89. The van der Waals surface area contributed by atoms with Gasteiger partial charge in [0.05, 0.1) is 32.7 Å². The second kappa shape index (κ2) is 10.8. The molecule has 0 heterocycles. The number of nitrogens with one attached hydrogen (secondary N) is 2. The number of benzene rings is 1. The van der Waals surface area contributed by atoms with E-state index in [0.717, 1.165) is 5.69 Å². The molecule has 0 amide bonds. The maximum absolute atomic E-state index is 11.0. The van der Waals surface area contributed by atoms with Crippen molar-refractivity contribution < 1.29 is 22.6 Å². The van der Waals surface area contributed by atoms with Crippen LogP contribution in [0.2, 0.25) is 0 Å². The second-order valence-electron chi connectivity index (χ2n) is 5.16. The number of hydrogen-bond acceptors (Lipinski definition) is 6. The molecule has 0 aliphatic carbocycles. The summed E-state index contributed by atoms with van der Waals surface area (Å²) in [4.78, 5) is 4.13. The first-order valence-corrected chi connectivity index (χ1v) is 9.99. The van der Waals surface area contributed by atoms with Crippen molar-refractivity contribution in [1.82, 2.24) is 5.32 Å². The number of nitrogens with zero attached hydrogens (tertiary/aromatic N) is 1. The molecule has 25 heavy (non-hydrogen) atoms. The quantitative estimate of drug-likeness (QED) is 0.360. The van der Waals surface area contributed by atoms with Gasteiger partial charge in [0.15, 0.2) is 17.5 Å². The van der Waals surface area contributed by atoms with E-state index < -0.39 is 9.84 Å². The van der Waals surface area contributed by atoms with Crippen molar-refractivity contribution in [3.05, 3.63) is 18.2 Å². The smallest absolute Gasteiger partial charge is 0.195 e. The van der Waals surface area contributed by atoms with Crippen LogP contribution in [0, 0.1) is 0 Å². The molecule has 0 spiro atoms. The second-order valence-corrected chi connectivity index (χ2v) is 7.42. The van der Waals surface area contributed by atoms with Gasteiger partial charge in [0.2, 0.25) is 0 Å². The summed E-state index contributed by atoms with van der Waals surface area (Å²) in [5.74, 6) is 1.90. The molecule has 8 nitrogen and oxygen atoms in total. The van der Waals surface area contributed by atoms with Gasteiger partial charge in [0, 0.05) is 31.6 Å². The third-order valence-electron chi connectivity index (χ3n) is 3.09. The van der Waals surface area contributed by atoms with E-state index in [1.165, 1.54) is 6.26 Å². The number of guanidine groups is 1. The number of sulfone groups is 1. The number of ether oxygens (including phenoxy) is 3. The Morgan fingerprint density at radius 2 is 2.00 bits per heavy atom. The molecule has 0 aromatic heterocycles. The summed E-state index contributed by atoms with van der Waals surface area (Å²) in [5, 5.41) is 6.22. The maximum atomic E-state index is 11.0. The molecular formula is C16H27N3O5S. The zero-order valence-corrected chi connectivity index (χ0v) is 16.0. The molecule has 0 atom stereocenters. The van der Waals surface area contributed by atoms with Gasteiger partial charge < -0.3 is 24.8 Å². The van der Waals surface area contributed by atoms with E-state index in [4.69, 9.17) is 14.2 Å². The van der Waals surface area contributed by atoms with Gasteiger partial charge in [-0.15, -0.1) is 0 Å². The van der Waals surface area contributed by atoms with Crippen LogP contribution < -0.4 is 20.1 Å². The standard InChI is InChI=1S/C16H27N3O5S/c1-5-24-14-7-6-13(12-15(14)22-3)19-16(17-2)18-8-9-23-10-11-25(4,20)21/h6-7,12H,5,8-11H2,1-4H3,(H2,17,18,19). The van der Waals surface area contributed by atoms with E-state index in [1.54, 1.807) is 14.2 Å². The number of hydrogen-bond donors (Lipinski definition) is 2. The minimum absolute atomic E-state index is 0.0198. The van der Waals surface area contributed by atoms with Gasteiger partial charge in [0.25, 0.3) is 0 Å². The summed E-state index contributed by atoms with van der Waals surface area (Å²) >= 11 is 0. The van der Waals surface area contributed by atoms with E-state index in [1.807, 2.05) is 25.1 Å². The van der Waals surface area contributed by atoms with Crippen LogP contribution in [-0.2, 0) is 14.6 Å². The highest BCUT2D eigenvalue weighted by molar-refractivity contribution is 7.90. The lowest BCUT2D eigenvalue weighted by Gasteiger charge is -2.14. The molecule has 0 aliphatic heterocycles. The molecule has 0 aliphatic rings. The van der Waals surface area contributed by atoms with Crippen molar-refractivity contribution in [3.8, 4) is 11.5 Å². The molecule has 0 unspecified atom stereocenters. The van der Waals surface area contributed by atoms with Crippen LogP contribution in [0.5, 0.6) is 11.5 Å². The Morgan fingerprint density at radius 1 is 1.24 bits per heavy atom. The molecule has 142 valence electrons. The van der Waals surface area contributed by atoms with Gasteiger partial charge in [0.1, 0.15) is 9.84 Å². The van der Waals surface area contributed by atoms with Crippen LogP contribution in [0.3, 0.4) is 0 Å². The minimum Gasteiger partial charge on any atom is -0.493 e. The largest absolute Gasteiger partial charge is 0.493 e. The van der Waals surface area contributed by atoms with Crippen LogP contribution in [0.4, 0.5) is 5.69 Å². The van der Waals surface area contributed by atoms with Crippen molar-refractivity contribution >= 4 is 21.5 Å². The molecule has 2 N–H and O–H groups in total. The first-order valence-electron chi connectivity index (χ1n) is 7.93. The highest BCUT2D eigenvalue weighted by Crippen LogP contribution is 2.30. The third kappa shape index (κ3) is 8.59. The Bertz CT molecular complexity index is 662. The molecular weight excluding hydrogens is 346 g/mol. The van der Waals surface area contributed by atoms with Gasteiger partial charge >= 0.3 is 0 Å². The molecule has 0 radical (unpaired) electrons. The normalized spacial score (nSPS) is 11.9. The monoisotopic (exact) mass is 373 g/mol. The predicted molar refractivity (Wildman–Crippen MR) is 99.7 cm³/mol. The van der Waals surface area contributed by atoms with E-state index in [-0.39, 0.29) is 12.4 Å². The number of aliphatic imine (C=N–C) groups is 1. The van der Waals surface area contributed by atoms with Crippen LogP contribution in [0.1, 0.15) is 6.92 Å². The molecule has 0 fully saturated rings. The summed E-state index contributed by atoms with van der Waals surface area (Å²) in [7, 11) is 0.253. The first-order chi connectivity index (χ1) is 11.9. The van der Waals surface area contributed by atoms with Crippen molar-refractivity contribution in [2.75, 3.05) is 57.8 Å². The number of methoxy groups -OCH3 is 1. The first kappa shape index (κ1) is 21.0. The Kier molecular flexibility index (Phi) is 9.07. The van der Waals surface area contributed by atoms with Crippen LogP contribution in [0.25, 0.3) is 0 Å². The van der Waals surface area contributed by atoms with Gasteiger partial charge in [-0.1, -0.05) is 0 Å². The number of rotatable bonds is 10. The Balaban J connectivity index is 2.46. The summed E-state index contributed by atoms with van der Waals surface area (Å²) in [6.45, 7) is 3.53. The predicted octanol–water partition coefficient (Wildman–Crippen LogP) is 1.14. The lowest BCUT2D eigenvalue weighted by molar-refractivity contribution is 0.154. The van der Waals surface area contributed by atoms with Gasteiger partial charge in [-0.3, -0.25) is 4.99 Å². The summed E-state index contributed by atoms with van der Waals surface area (Å²) in [5.41, 5.74) is 0.798. The fraction of sp³-hybridized carbons (Fsp3) is 0.562. The van der Waals surface area contributed by atoms with E-state index in [2.05, 4.69) is 15.6 Å². The van der Waals surface area contributed by atoms with Crippen molar-refractivity contribution in [1.29, 1.82) is 0 Å². The average Bonchev–Trinajstić information content (AvgIpc) is 2.57. The molecule has 0 saturated heterocycles. The third-order valence-corrected chi connectivity index (χ3v) is 4.00. The Labute approximate surface area is 149 Å². The van der Waals surface area contributed by atoms with Crippen LogP contribution in [0.15, 0.2) is 23.2 Å². The molecule has 1 rings (SSSR count). The molecule has 0 saturated carbocycles. The summed E-state index contributed by atoms with van der Waals surface area (Å²) in [6.07, 6.45) is 1.19. The van der Waals surface area contributed by atoms with Crippen molar-refractivity contribution in [3.63, 3.8) is 0 Å². The molecule has 9 heteroatoms. The summed E-state index contributed by atoms with van der Waals surface area (Å²) in [6, 6.07) is 5.51. The Morgan fingerprint density at radius 3 is 2.60 bits per heavy atom. The van der Waals surface area contributed by atoms with Crippen molar-refractivity contribution in [2.24, 2.45) is 4.99 Å². The van der Waals surface area contributed by atoms with Crippen molar-refractivity contribution in [2.45, 2.75) is 6.92 Å². The molecule has 0 bridgehead atoms. The lowest BCUT2D eigenvalue weighted by atomic mass is 10.2. The molecule has 1 aromatic rings. The maximum Gasteiger partial charge on any atom is 0.195 e. The van der Waals surface area contributed by atoms with E-state index >= 15 is 0 Å². The van der Waals surface area contributed by atoms with Gasteiger partial charge in [-0.2, -0.15) is 0 Å². The zero-order chi connectivity index (χ0) is 18.7.